The third kappa shape index (κ3) is 4.70. The van der Waals surface area contributed by atoms with Crippen molar-refractivity contribution in [2.45, 2.75) is 44.9 Å². The minimum atomic E-state index is -4.48. The molecule has 0 saturated carbocycles. The van der Waals surface area contributed by atoms with Crippen LogP contribution in [0.15, 0.2) is 35.3 Å². The number of ether oxygens (including phenoxy) is 1. The second kappa shape index (κ2) is 8.81. The van der Waals surface area contributed by atoms with E-state index < -0.39 is 23.7 Å². The van der Waals surface area contributed by atoms with Crippen LogP contribution in [0, 0.1) is 6.92 Å². The second-order valence-corrected chi connectivity index (χ2v) is 7.74. The molecule has 0 radical (unpaired) electrons. The average molecular weight is 443 g/mol. The van der Waals surface area contributed by atoms with E-state index in [-0.39, 0.29) is 27.8 Å². The molecule has 0 aliphatic carbocycles. The molecule has 2 heterocycles. The van der Waals surface area contributed by atoms with E-state index in [0.717, 1.165) is 6.07 Å². The van der Waals surface area contributed by atoms with Crippen molar-refractivity contribution in [3.05, 3.63) is 68.1 Å². The number of halogens is 4. The zero-order valence-electron chi connectivity index (χ0n) is 16.6. The van der Waals surface area contributed by atoms with Crippen LogP contribution in [0.2, 0.25) is 5.02 Å². The predicted molar refractivity (Wildman–Crippen MR) is 107 cm³/mol. The van der Waals surface area contributed by atoms with E-state index in [1.807, 2.05) is 0 Å². The van der Waals surface area contributed by atoms with Crippen LogP contribution in [-0.2, 0) is 10.9 Å². The van der Waals surface area contributed by atoms with Crippen molar-refractivity contribution >= 4 is 17.5 Å². The van der Waals surface area contributed by atoms with Crippen LogP contribution >= 0.6 is 11.6 Å². The van der Waals surface area contributed by atoms with Crippen LogP contribution in [0.25, 0.3) is 0 Å². The van der Waals surface area contributed by atoms with Crippen molar-refractivity contribution in [2.75, 3.05) is 13.2 Å². The van der Waals surface area contributed by atoms with Gasteiger partial charge >= 0.3 is 6.18 Å². The first-order valence-corrected chi connectivity index (χ1v) is 9.94. The number of nitrogens with zero attached hydrogens (tertiary/aromatic N) is 1. The Morgan fingerprint density at radius 2 is 1.97 bits per heavy atom. The number of hydrogen-bond donors (Lipinski definition) is 1. The summed E-state index contributed by atoms with van der Waals surface area (Å²) in [6.45, 7) is 4.02. The standard InChI is InChI=1S/C21H22ClF3N2O3/c1-12-15(4-3-5-17(12)21(23,24)25)13(2)26-20(29)16-11-27(19(28)10-18(16)22)14-6-8-30-9-7-14/h3-5,10-11,13-14H,6-9H2,1-2H3,(H,26,29)/t13-/m1/s1. The summed E-state index contributed by atoms with van der Waals surface area (Å²) in [6, 6.07) is 4.25. The lowest BCUT2D eigenvalue weighted by Gasteiger charge is -2.25. The molecule has 0 spiro atoms. The molecule has 2 aromatic rings. The van der Waals surface area contributed by atoms with Gasteiger partial charge in [-0.3, -0.25) is 9.59 Å². The molecule has 9 heteroatoms. The molecule has 162 valence electrons. The number of benzene rings is 1. The number of nitrogens with one attached hydrogen (secondary N) is 1. The number of aromatic nitrogens is 1. The monoisotopic (exact) mass is 442 g/mol. The smallest absolute Gasteiger partial charge is 0.381 e. The topological polar surface area (TPSA) is 60.3 Å². The van der Waals surface area contributed by atoms with E-state index >= 15 is 0 Å². The highest BCUT2D eigenvalue weighted by molar-refractivity contribution is 6.33. The van der Waals surface area contributed by atoms with Crippen molar-refractivity contribution in [2.24, 2.45) is 0 Å². The van der Waals surface area contributed by atoms with Gasteiger partial charge in [-0.05, 0) is 43.9 Å². The fourth-order valence-corrected chi connectivity index (χ4v) is 3.95. The Morgan fingerprint density at radius 1 is 1.30 bits per heavy atom. The minimum absolute atomic E-state index is 0.00577. The molecule has 1 aromatic heterocycles. The van der Waals surface area contributed by atoms with E-state index in [4.69, 9.17) is 16.3 Å². The van der Waals surface area contributed by atoms with Crippen LogP contribution in [0.3, 0.4) is 0 Å². The van der Waals surface area contributed by atoms with Crippen LogP contribution in [0.4, 0.5) is 13.2 Å². The van der Waals surface area contributed by atoms with Crippen molar-refractivity contribution in [3.63, 3.8) is 0 Å². The molecule has 1 N–H and O–H groups in total. The number of carbonyl (C=O) groups excluding carboxylic acids is 1. The highest BCUT2D eigenvalue weighted by Gasteiger charge is 2.33. The fourth-order valence-electron chi connectivity index (χ4n) is 3.72. The SMILES string of the molecule is Cc1c([C@@H](C)NC(=O)c2cn(C3CCOCC3)c(=O)cc2Cl)cccc1C(F)(F)F. The minimum Gasteiger partial charge on any atom is -0.381 e. The van der Waals surface area contributed by atoms with Gasteiger partial charge in [0.25, 0.3) is 11.5 Å². The Balaban J connectivity index is 1.87. The third-order valence-electron chi connectivity index (χ3n) is 5.35. The number of alkyl halides is 3. The summed E-state index contributed by atoms with van der Waals surface area (Å²) in [7, 11) is 0. The molecule has 1 fully saturated rings. The van der Waals surface area contributed by atoms with Gasteiger partial charge in [0.05, 0.1) is 22.2 Å². The van der Waals surface area contributed by atoms with Gasteiger partial charge in [0.15, 0.2) is 0 Å². The largest absolute Gasteiger partial charge is 0.416 e. The first kappa shape index (κ1) is 22.4. The van der Waals surface area contributed by atoms with E-state index in [1.165, 1.54) is 29.8 Å². The third-order valence-corrected chi connectivity index (χ3v) is 5.67. The summed E-state index contributed by atoms with van der Waals surface area (Å²) in [4.78, 5) is 25.2. The van der Waals surface area contributed by atoms with Gasteiger partial charge in [0, 0.05) is 31.5 Å². The predicted octanol–water partition coefficient (Wildman–Crippen LogP) is 4.67. The molecule has 1 aliphatic heterocycles. The maximum Gasteiger partial charge on any atom is 0.416 e. The molecule has 1 aliphatic rings. The summed E-state index contributed by atoms with van der Waals surface area (Å²) < 4.78 is 46.3. The molecular formula is C21H22ClF3N2O3. The maximum absolute atomic E-state index is 13.2. The van der Waals surface area contributed by atoms with Gasteiger partial charge in [0.2, 0.25) is 0 Å². The summed E-state index contributed by atoms with van der Waals surface area (Å²) in [5.74, 6) is -0.565. The molecule has 5 nitrogen and oxygen atoms in total. The van der Waals surface area contributed by atoms with E-state index in [1.54, 1.807) is 13.0 Å². The van der Waals surface area contributed by atoms with Crippen LogP contribution in [-0.4, -0.2) is 23.7 Å². The lowest BCUT2D eigenvalue weighted by Crippen LogP contribution is -2.32. The van der Waals surface area contributed by atoms with Gasteiger partial charge in [-0.15, -0.1) is 0 Å². The lowest BCUT2D eigenvalue weighted by atomic mass is 9.97. The molecule has 1 atom stereocenters. The Labute approximate surface area is 176 Å². The lowest BCUT2D eigenvalue weighted by molar-refractivity contribution is -0.138. The van der Waals surface area contributed by atoms with Gasteiger partial charge in [-0.25, -0.2) is 0 Å². The Bertz CT molecular complexity index is 998. The average Bonchev–Trinajstić information content (AvgIpc) is 2.67. The second-order valence-electron chi connectivity index (χ2n) is 7.34. The molecule has 0 unspecified atom stereocenters. The Morgan fingerprint density at radius 3 is 2.60 bits per heavy atom. The molecule has 30 heavy (non-hydrogen) atoms. The number of carbonyl (C=O) groups is 1. The van der Waals surface area contributed by atoms with Crippen molar-refractivity contribution in [3.8, 4) is 0 Å². The van der Waals surface area contributed by atoms with E-state index in [9.17, 15) is 22.8 Å². The Hall–Kier alpha value is -2.32. The number of amides is 1. The summed E-state index contributed by atoms with van der Waals surface area (Å²) in [6.07, 6.45) is -1.78. The quantitative estimate of drug-likeness (QED) is 0.748. The highest BCUT2D eigenvalue weighted by atomic mass is 35.5. The molecule has 0 bridgehead atoms. The highest BCUT2D eigenvalue weighted by Crippen LogP contribution is 2.34. The molecule has 1 amide bonds. The zero-order valence-corrected chi connectivity index (χ0v) is 17.3. The maximum atomic E-state index is 13.2. The number of pyridine rings is 1. The molecule has 3 rings (SSSR count). The molecule has 1 saturated heterocycles. The Kier molecular flexibility index (Phi) is 6.57. The summed E-state index contributed by atoms with van der Waals surface area (Å²) in [5.41, 5.74) is -0.556. The van der Waals surface area contributed by atoms with E-state index in [0.29, 0.717) is 31.6 Å². The summed E-state index contributed by atoms with van der Waals surface area (Å²) in [5, 5.41) is 2.69. The van der Waals surface area contributed by atoms with Gasteiger partial charge < -0.3 is 14.6 Å². The van der Waals surface area contributed by atoms with Crippen LogP contribution < -0.4 is 10.9 Å². The van der Waals surface area contributed by atoms with Crippen LogP contribution in [0.1, 0.15) is 58.9 Å². The van der Waals surface area contributed by atoms with Crippen molar-refractivity contribution < 1.29 is 22.7 Å². The normalized spacial score (nSPS) is 16.3. The van der Waals surface area contributed by atoms with Gasteiger partial charge in [-0.2, -0.15) is 13.2 Å². The number of rotatable bonds is 4. The van der Waals surface area contributed by atoms with Crippen molar-refractivity contribution in [1.29, 1.82) is 0 Å². The molecule has 1 aromatic carbocycles. The van der Waals surface area contributed by atoms with Gasteiger partial charge in [-0.1, -0.05) is 23.7 Å². The van der Waals surface area contributed by atoms with Crippen LogP contribution in [0.5, 0.6) is 0 Å². The van der Waals surface area contributed by atoms with E-state index in [2.05, 4.69) is 5.32 Å². The fraction of sp³-hybridized carbons (Fsp3) is 0.429. The van der Waals surface area contributed by atoms with Gasteiger partial charge in [0.1, 0.15) is 0 Å². The summed E-state index contributed by atoms with van der Waals surface area (Å²) >= 11 is 6.13. The number of hydrogen-bond acceptors (Lipinski definition) is 3. The first-order valence-electron chi connectivity index (χ1n) is 9.56. The van der Waals surface area contributed by atoms with Crippen molar-refractivity contribution in [1.82, 2.24) is 9.88 Å². The first-order chi connectivity index (χ1) is 14.1. The molecular weight excluding hydrogens is 421 g/mol. The zero-order chi connectivity index (χ0) is 22.1.